The number of rotatable bonds is 3. The Kier molecular flexibility index (Phi) is 4.18. The van der Waals surface area contributed by atoms with E-state index in [9.17, 15) is 4.79 Å². The molecule has 0 aromatic carbocycles. The van der Waals surface area contributed by atoms with Crippen molar-refractivity contribution in [2.24, 2.45) is 0 Å². The van der Waals surface area contributed by atoms with E-state index in [-0.39, 0.29) is 0 Å². The van der Waals surface area contributed by atoms with Crippen molar-refractivity contribution in [1.29, 1.82) is 0 Å². The van der Waals surface area contributed by atoms with Crippen LogP contribution in [0, 0.1) is 0 Å². The van der Waals surface area contributed by atoms with Crippen LogP contribution in [-0.4, -0.2) is 25.2 Å². The molecule has 0 bridgehead atoms. The summed E-state index contributed by atoms with van der Waals surface area (Å²) in [5.74, 6) is 0.457. The van der Waals surface area contributed by atoms with Crippen molar-refractivity contribution < 1.29 is 14.3 Å². The van der Waals surface area contributed by atoms with Crippen LogP contribution in [0.1, 0.15) is 54.1 Å². The first-order chi connectivity index (χ1) is 8.76. The molecule has 0 N–H and O–H groups in total. The lowest BCUT2D eigenvalue weighted by atomic mass is 9.86. The van der Waals surface area contributed by atoms with Crippen molar-refractivity contribution in [3.8, 4) is 5.88 Å². The number of ether oxygens (including phenoxy) is 2. The van der Waals surface area contributed by atoms with E-state index in [0.717, 1.165) is 5.69 Å². The molecule has 0 aliphatic heterocycles. The smallest absolute Gasteiger partial charge is 0.343 e. The van der Waals surface area contributed by atoms with Gasteiger partial charge in [0, 0.05) is 11.6 Å². The Morgan fingerprint density at radius 1 is 1.22 bits per heavy atom. The minimum atomic E-state index is -0.408. The van der Waals surface area contributed by atoms with E-state index in [1.54, 1.807) is 6.07 Å². The topological polar surface area (TPSA) is 48.4 Å². The van der Waals surface area contributed by atoms with Crippen LogP contribution in [0.3, 0.4) is 0 Å². The summed E-state index contributed by atoms with van der Waals surface area (Å²) in [6, 6.07) is 3.67. The van der Waals surface area contributed by atoms with Crippen LogP contribution in [0.2, 0.25) is 0 Å². The van der Waals surface area contributed by atoms with E-state index < -0.39 is 5.97 Å². The van der Waals surface area contributed by atoms with Gasteiger partial charge in [0.05, 0.1) is 14.2 Å². The molecule has 1 saturated carbocycles. The van der Waals surface area contributed by atoms with Crippen molar-refractivity contribution in [2.75, 3.05) is 14.2 Å². The van der Waals surface area contributed by atoms with Crippen LogP contribution in [0.15, 0.2) is 12.1 Å². The largest absolute Gasteiger partial charge is 0.480 e. The molecule has 2 rings (SSSR count). The van der Waals surface area contributed by atoms with Gasteiger partial charge in [-0.2, -0.15) is 0 Å². The summed E-state index contributed by atoms with van der Waals surface area (Å²) in [7, 11) is 2.89. The van der Waals surface area contributed by atoms with Gasteiger partial charge in [0.1, 0.15) is 5.56 Å². The van der Waals surface area contributed by atoms with Gasteiger partial charge in [0.15, 0.2) is 0 Å². The molecule has 98 valence electrons. The highest BCUT2D eigenvalue weighted by Crippen LogP contribution is 2.33. The highest BCUT2D eigenvalue weighted by molar-refractivity contribution is 5.91. The van der Waals surface area contributed by atoms with Gasteiger partial charge in [-0.15, -0.1) is 0 Å². The first kappa shape index (κ1) is 12.9. The third kappa shape index (κ3) is 2.63. The van der Waals surface area contributed by atoms with Gasteiger partial charge < -0.3 is 9.47 Å². The number of esters is 1. The van der Waals surface area contributed by atoms with Gasteiger partial charge in [0.25, 0.3) is 0 Å². The van der Waals surface area contributed by atoms with E-state index >= 15 is 0 Å². The number of methoxy groups -OCH3 is 2. The standard InChI is InChI=1S/C14H19NO3/c1-17-13-11(14(16)18-2)8-9-12(15-13)10-6-4-3-5-7-10/h8-10H,3-7H2,1-2H3. The Morgan fingerprint density at radius 2 is 1.94 bits per heavy atom. The highest BCUT2D eigenvalue weighted by Gasteiger charge is 2.20. The van der Waals surface area contributed by atoms with Gasteiger partial charge in [-0.3, -0.25) is 0 Å². The average molecular weight is 249 g/mol. The van der Waals surface area contributed by atoms with Crippen LogP contribution in [-0.2, 0) is 4.74 Å². The molecule has 0 radical (unpaired) electrons. The molecule has 4 heteroatoms. The third-order valence-corrected chi connectivity index (χ3v) is 3.50. The van der Waals surface area contributed by atoms with Gasteiger partial charge in [-0.1, -0.05) is 19.3 Å². The lowest BCUT2D eigenvalue weighted by Gasteiger charge is -2.21. The SMILES string of the molecule is COC(=O)c1ccc(C2CCCCC2)nc1OC. The molecule has 18 heavy (non-hydrogen) atoms. The van der Waals surface area contributed by atoms with Crippen molar-refractivity contribution in [3.05, 3.63) is 23.4 Å². The lowest BCUT2D eigenvalue weighted by Crippen LogP contribution is -2.10. The maximum absolute atomic E-state index is 11.5. The van der Waals surface area contributed by atoms with Gasteiger partial charge >= 0.3 is 5.97 Å². The quantitative estimate of drug-likeness (QED) is 0.773. The zero-order valence-corrected chi connectivity index (χ0v) is 10.9. The summed E-state index contributed by atoms with van der Waals surface area (Å²) in [6.45, 7) is 0. The molecular weight excluding hydrogens is 230 g/mol. The average Bonchev–Trinajstić information content (AvgIpc) is 2.46. The molecule has 4 nitrogen and oxygen atoms in total. The number of hydrogen-bond acceptors (Lipinski definition) is 4. The van der Waals surface area contributed by atoms with Gasteiger partial charge in [-0.25, -0.2) is 9.78 Å². The predicted molar refractivity (Wildman–Crippen MR) is 68.0 cm³/mol. The van der Waals surface area contributed by atoms with Crippen LogP contribution in [0.5, 0.6) is 5.88 Å². The second-order valence-corrected chi connectivity index (χ2v) is 4.62. The summed E-state index contributed by atoms with van der Waals surface area (Å²) in [5, 5.41) is 0. The molecule has 0 saturated heterocycles. The molecule has 1 fully saturated rings. The Labute approximate surface area is 107 Å². The molecule has 1 aromatic heterocycles. The van der Waals surface area contributed by atoms with Crippen molar-refractivity contribution >= 4 is 5.97 Å². The second kappa shape index (κ2) is 5.85. The highest BCUT2D eigenvalue weighted by atomic mass is 16.5. The van der Waals surface area contributed by atoms with Gasteiger partial charge in [0.2, 0.25) is 5.88 Å². The molecule has 1 aliphatic rings. The predicted octanol–water partition coefficient (Wildman–Crippen LogP) is 2.92. The fraction of sp³-hybridized carbons (Fsp3) is 0.571. The zero-order valence-electron chi connectivity index (χ0n) is 10.9. The molecule has 0 spiro atoms. The number of carbonyl (C=O) groups excluding carboxylic acids is 1. The number of aromatic nitrogens is 1. The summed E-state index contributed by atoms with van der Waals surface area (Å²) in [5.41, 5.74) is 1.42. The third-order valence-electron chi connectivity index (χ3n) is 3.50. The van der Waals surface area contributed by atoms with Crippen LogP contribution in [0.25, 0.3) is 0 Å². The van der Waals surface area contributed by atoms with Crippen LogP contribution < -0.4 is 4.74 Å². The first-order valence-electron chi connectivity index (χ1n) is 6.39. The fourth-order valence-electron chi connectivity index (χ4n) is 2.50. The van der Waals surface area contributed by atoms with Crippen molar-refractivity contribution in [3.63, 3.8) is 0 Å². The normalized spacial score (nSPS) is 16.3. The van der Waals surface area contributed by atoms with Crippen molar-refractivity contribution in [2.45, 2.75) is 38.0 Å². The lowest BCUT2D eigenvalue weighted by molar-refractivity contribution is 0.0596. The monoisotopic (exact) mass is 249 g/mol. The van der Waals surface area contributed by atoms with E-state index in [2.05, 4.69) is 4.98 Å². The minimum Gasteiger partial charge on any atom is -0.480 e. The van der Waals surface area contributed by atoms with Crippen molar-refractivity contribution in [1.82, 2.24) is 4.98 Å². The maximum atomic E-state index is 11.5. The number of carbonyl (C=O) groups is 1. The van der Waals surface area contributed by atoms with Crippen LogP contribution in [0.4, 0.5) is 0 Å². The Balaban J connectivity index is 2.26. The molecule has 1 aromatic rings. The van der Waals surface area contributed by atoms with E-state index in [4.69, 9.17) is 9.47 Å². The summed E-state index contributed by atoms with van der Waals surface area (Å²) < 4.78 is 9.89. The molecule has 1 heterocycles. The Morgan fingerprint density at radius 3 is 2.56 bits per heavy atom. The molecular formula is C14H19NO3. The summed E-state index contributed by atoms with van der Waals surface area (Å²) in [6.07, 6.45) is 6.18. The number of pyridine rings is 1. The first-order valence-corrected chi connectivity index (χ1v) is 6.39. The summed E-state index contributed by atoms with van der Waals surface area (Å²) >= 11 is 0. The molecule has 0 atom stereocenters. The van der Waals surface area contributed by atoms with Crippen LogP contribution >= 0.6 is 0 Å². The number of nitrogens with zero attached hydrogens (tertiary/aromatic N) is 1. The van der Waals surface area contributed by atoms with E-state index in [0.29, 0.717) is 17.4 Å². The second-order valence-electron chi connectivity index (χ2n) is 4.62. The summed E-state index contributed by atoms with van der Waals surface area (Å²) in [4.78, 5) is 16.0. The molecule has 0 amide bonds. The zero-order chi connectivity index (χ0) is 13.0. The number of hydrogen-bond donors (Lipinski definition) is 0. The maximum Gasteiger partial charge on any atom is 0.343 e. The minimum absolute atomic E-state index is 0.366. The molecule has 1 aliphatic carbocycles. The van der Waals surface area contributed by atoms with E-state index in [1.165, 1.54) is 46.3 Å². The Bertz CT molecular complexity index is 425. The van der Waals surface area contributed by atoms with Gasteiger partial charge in [-0.05, 0) is 25.0 Å². The Hall–Kier alpha value is -1.58. The fourth-order valence-corrected chi connectivity index (χ4v) is 2.50. The molecule has 0 unspecified atom stereocenters. The van der Waals surface area contributed by atoms with E-state index in [1.807, 2.05) is 6.07 Å².